The molecule has 1 aliphatic rings. The SMILES string of the molecule is NN=C(C=Nc1ccc(F)c(C(F)F)c1)COc1ncc(N2CCC2)cn1. The van der Waals surface area contributed by atoms with Crippen molar-refractivity contribution in [3.05, 3.63) is 42.0 Å². The van der Waals surface area contributed by atoms with Crippen molar-refractivity contribution >= 4 is 23.3 Å². The molecule has 7 nitrogen and oxygen atoms in total. The van der Waals surface area contributed by atoms with Crippen LogP contribution in [-0.2, 0) is 0 Å². The first-order valence-electron chi connectivity index (χ1n) is 8.15. The van der Waals surface area contributed by atoms with Crippen molar-refractivity contribution in [1.82, 2.24) is 9.97 Å². The minimum absolute atomic E-state index is 0.0635. The molecule has 0 bridgehead atoms. The Kier molecular flexibility index (Phi) is 5.84. The van der Waals surface area contributed by atoms with Crippen LogP contribution in [-0.4, -0.2) is 41.6 Å². The van der Waals surface area contributed by atoms with Crippen LogP contribution in [0.1, 0.15) is 18.4 Å². The number of hydrazone groups is 1. The van der Waals surface area contributed by atoms with Crippen LogP contribution in [0.25, 0.3) is 0 Å². The van der Waals surface area contributed by atoms with Gasteiger partial charge in [0.1, 0.15) is 18.1 Å². The maximum atomic E-state index is 13.3. The topological polar surface area (TPSA) is 89.0 Å². The highest BCUT2D eigenvalue weighted by molar-refractivity contribution is 6.31. The maximum absolute atomic E-state index is 13.3. The number of rotatable bonds is 7. The molecule has 0 saturated carbocycles. The highest BCUT2D eigenvalue weighted by atomic mass is 19.3. The van der Waals surface area contributed by atoms with Crippen LogP contribution in [0.15, 0.2) is 40.7 Å². The molecule has 10 heteroatoms. The molecule has 1 aliphatic heterocycles. The quantitative estimate of drug-likeness (QED) is 0.455. The molecule has 1 aromatic carbocycles. The Morgan fingerprint density at radius 1 is 1.30 bits per heavy atom. The van der Waals surface area contributed by atoms with E-state index in [1.807, 2.05) is 0 Å². The van der Waals surface area contributed by atoms with Crippen LogP contribution in [0, 0.1) is 5.82 Å². The van der Waals surface area contributed by atoms with Gasteiger partial charge in [-0.25, -0.2) is 23.1 Å². The van der Waals surface area contributed by atoms with Crippen molar-refractivity contribution in [2.75, 3.05) is 24.6 Å². The summed E-state index contributed by atoms with van der Waals surface area (Å²) < 4.78 is 44.1. The second-order valence-corrected chi connectivity index (χ2v) is 5.74. The average Bonchev–Trinajstić information content (AvgIpc) is 2.62. The largest absolute Gasteiger partial charge is 0.457 e. The average molecular weight is 378 g/mol. The zero-order chi connectivity index (χ0) is 19.2. The summed E-state index contributed by atoms with van der Waals surface area (Å²) in [5, 5.41) is 3.52. The van der Waals surface area contributed by atoms with Crippen LogP contribution in [0.5, 0.6) is 6.01 Å². The van der Waals surface area contributed by atoms with E-state index in [1.165, 1.54) is 12.3 Å². The summed E-state index contributed by atoms with van der Waals surface area (Å²) in [7, 11) is 0. The number of benzene rings is 1. The van der Waals surface area contributed by atoms with Gasteiger partial charge in [-0.05, 0) is 24.6 Å². The van der Waals surface area contributed by atoms with E-state index in [2.05, 4.69) is 25.0 Å². The van der Waals surface area contributed by atoms with Gasteiger partial charge < -0.3 is 15.5 Å². The zero-order valence-electron chi connectivity index (χ0n) is 14.2. The third-order valence-corrected chi connectivity index (χ3v) is 3.93. The second kappa shape index (κ2) is 8.47. The lowest BCUT2D eigenvalue weighted by Gasteiger charge is -2.32. The minimum Gasteiger partial charge on any atom is -0.457 e. The Morgan fingerprint density at radius 3 is 2.63 bits per heavy atom. The van der Waals surface area contributed by atoms with Gasteiger partial charge in [0.2, 0.25) is 0 Å². The molecule has 2 N–H and O–H groups in total. The van der Waals surface area contributed by atoms with Crippen molar-refractivity contribution in [3.63, 3.8) is 0 Å². The highest BCUT2D eigenvalue weighted by Crippen LogP contribution is 2.26. The lowest BCUT2D eigenvalue weighted by Crippen LogP contribution is -2.37. The molecule has 0 amide bonds. The molecule has 1 saturated heterocycles. The molecule has 0 aliphatic carbocycles. The first-order chi connectivity index (χ1) is 13.1. The number of ether oxygens (including phenoxy) is 1. The Balaban J connectivity index is 1.59. The van der Waals surface area contributed by atoms with Gasteiger partial charge in [-0.3, -0.25) is 4.99 Å². The molecule has 2 heterocycles. The molecule has 0 unspecified atom stereocenters. The first-order valence-corrected chi connectivity index (χ1v) is 8.15. The van der Waals surface area contributed by atoms with Crippen LogP contribution < -0.4 is 15.5 Å². The van der Waals surface area contributed by atoms with E-state index in [1.54, 1.807) is 12.4 Å². The molecule has 0 spiro atoms. The molecule has 142 valence electrons. The summed E-state index contributed by atoms with van der Waals surface area (Å²) in [6.07, 6.45) is 2.80. The lowest BCUT2D eigenvalue weighted by molar-refractivity contribution is 0.146. The van der Waals surface area contributed by atoms with Crippen molar-refractivity contribution in [1.29, 1.82) is 0 Å². The summed E-state index contributed by atoms with van der Waals surface area (Å²) in [5.41, 5.74) is 0.577. The van der Waals surface area contributed by atoms with Gasteiger partial charge in [-0.1, -0.05) is 0 Å². The van der Waals surface area contributed by atoms with Crippen LogP contribution >= 0.6 is 0 Å². The monoisotopic (exact) mass is 378 g/mol. The molecular weight excluding hydrogens is 361 g/mol. The summed E-state index contributed by atoms with van der Waals surface area (Å²) >= 11 is 0. The summed E-state index contributed by atoms with van der Waals surface area (Å²) in [5.74, 6) is 4.29. The zero-order valence-corrected chi connectivity index (χ0v) is 14.2. The summed E-state index contributed by atoms with van der Waals surface area (Å²) in [6, 6.07) is 3.31. The number of nitrogens with two attached hydrogens (primary N) is 1. The van der Waals surface area contributed by atoms with Gasteiger partial charge in [0.05, 0.1) is 35.5 Å². The second-order valence-electron chi connectivity index (χ2n) is 5.74. The Hall–Kier alpha value is -3.17. The van der Waals surface area contributed by atoms with Gasteiger partial charge in [-0.15, -0.1) is 0 Å². The number of aromatic nitrogens is 2. The predicted molar refractivity (Wildman–Crippen MR) is 95.5 cm³/mol. The molecule has 3 rings (SSSR count). The smallest absolute Gasteiger partial charge is 0.316 e. The molecular formula is C17H17F3N6O. The number of hydrogen-bond donors (Lipinski definition) is 1. The standard InChI is InChI=1S/C17H17F3N6O/c18-15-3-2-11(6-14(15)16(19)20)22-7-12(25-21)10-27-17-23-8-13(9-24-17)26-4-1-5-26/h2-3,6-9,16H,1,4-5,10,21H2. The molecule has 27 heavy (non-hydrogen) atoms. The van der Waals surface area contributed by atoms with Gasteiger partial charge in [0.25, 0.3) is 6.43 Å². The van der Waals surface area contributed by atoms with Crippen molar-refractivity contribution in [2.24, 2.45) is 15.9 Å². The molecule has 1 aromatic heterocycles. The van der Waals surface area contributed by atoms with Crippen molar-refractivity contribution in [3.8, 4) is 6.01 Å². The van der Waals surface area contributed by atoms with Gasteiger partial charge >= 0.3 is 6.01 Å². The van der Waals surface area contributed by atoms with Crippen LogP contribution in [0.3, 0.4) is 0 Å². The van der Waals surface area contributed by atoms with Gasteiger partial charge in [0.15, 0.2) is 0 Å². The lowest BCUT2D eigenvalue weighted by atomic mass is 10.2. The fourth-order valence-corrected chi connectivity index (χ4v) is 2.30. The third kappa shape index (κ3) is 4.72. The molecule has 0 radical (unpaired) electrons. The number of alkyl halides is 2. The van der Waals surface area contributed by atoms with Crippen LogP contribution in [0.2, 0.25) is 0 Å². The van der Waals surface area contributed by atoms with Gasteiger partial charge in [0, 0.05) is 13.1 Å². The van der Waals surface area contributed by atoms with E-state index in [0.717, 1.165) is 37.3 Å². The van der Waals surface area contributed by atoms with E-state index < -0.39 is 17.8 Å². The van der Waals surface area contributed by atoms with E-state index in [9.17, 15) is 13.2 Å². The van der Waals surface area contributed by atoms with Crippen molar-refractivity contribution < 1.29 is 17.9 Å². The fraction of sp³-hybridized carbons (Fsp3) is 0.294. The van der Waals surface area contributed by atoms with E-state index >= 15 is 0 Å². The Labute approximate surface area is 153 Å². The number of hydrogen-bond acceptors (Lipinski definition) is 7. The van der Waals surface area contributed by atoms with Crippen molar-refractivity contribution in [2.45, 2.75) is 12.8 Å². The van der Waals surface area contributed by atoms with Gasteiger partial charge in [-0.2, -0.15) is 5.10 Å². The van der Waals surface area contributed by atoms with Crippen LogP contribution in [0.4, 0.5) is 24.5 Å². The number of anilines is 1. The van der Waals surface area contributed by atoms with E-state index in [-0.39, 0.29) is 24.0 Å². The summed E-state index contributed by atoms with van der Waals surface area (Å²) in [4.78, 5) is 14.3. The first kappa shape index (κ1) is 18.6. The number of halogens is 3. The maximum Gasteiger partial charge on any atom is 0.316 e. The highest BCUT2D eigenvalue weighted by Gasteiger charge is 2.15. The minimum atomic E-state index is -2.93. The third-order valence-electron chi connectivity index (χ3n) is 3.93. The number of nitrogens with zero attached hydrogens (tertiary/aromatic N) is 5. The van der Waals surface area contributed by atoms with E-state index in [4.69, 9.17) is 10.6 Å². The summed E-state index contributed by atoms with van der Waals surface area (Å²) in [6.45, 7) is 1.91. The molecule has 1 fully saturated rings. The number of aliphatic imine (C=N–C) groups is 1. The Morgan fingerprint density at radius 2 is 2.04 bits per heavy atom. The Bertz CT molecular complexity index is 837. The fourth-order valence-electron chi connectivity index (χ4n) is 2.30. The van der Waals surface area contributed by atoms with E-state index in [0.29, 0.717) is 0 Å². The predicted octanol–water partition coefficient (Wildman–Crippen LogP) is 2.86. The molecule has 2 aromatic rings. The normalized spacial score (nSPS) is 14.7. The molecule has 0 atom stereocenters.